The Morgan fingerprint density at radius 1 is 1.31 bits per heavy atom. The lowest BCUT2D eigenvalue weighted by Gasteiger charge is -2.01. The van der Waals surface area contributed by atoms with Crippen molar-refractivity contribution in [3.05, 3.63) is 27.9 Å². The first-order valence-electron chi connectivity index (χ1n) is 3.96. The van der Waals surface area contributed by atoms with Crippen LogP contribution in [0.15, 0.2) is 16.1 Å². The topological polar surface area (TPSA) is 67.8 Å². The fourth-order valence-electron chi connectivity index (χ4n) is 1.34. The molecule has 1 aliphatic heterocycles. The fourth-order valence-corrected chi connectivity index (χ4v) is 1.34. The smallest absolute Gasteiger partial charge is 0.368 e. The molecule has 0 saturated carbocycles. The van der Waals surface area contributed by atoms with Gasteiger partial charge in [-0.25, -0.2) is 4.79 Å². The van der Waals surface area contributed by atoms with Crippen molar-refractivity contribution in [2.75, 3.05) is 5.73 Å². The molecule has 0 fully saturated rings. The molecule has 1 aliphatic rings. The van der Waals surface area contributed by atoms with E-state index in [-0.39, 0.29) is 0 Å². The minimum absolute atomic E-state index is 0.466. The molecule has 1 heterocycles. The van der Waals surface area contributed by atoms with Crippen LogP contribution in [0.25, 0.3) is 0 Å². The molecule has 0 radical (unpaired) electrons. The third-order valence-electron chi connectivity index (χ3n) is 2.27. The quantitative estimate of drug-likeness (QED) is 0.574. The molecule has 2 rings (SSSR count). The molecular formula is C9H9N3O. The second-order valence-electron chi connectivity index (χ2n) is 3.11. The van der Waals surface area contributed by atoms with E-state index in [0.717, 1.165) is 11.1 Å². The van der Waals surface area contributed by atoms with Gasteiger partial charge < -0.3 is 5.73 Å². The number of amides is 2. The normalized spacial score (nSPS) is 13.5. The van der Waals surface area contributed by atoms with Crippen LogP contribution in [0.2, 0.25) is 0 Å². The average Bonchev–Trinajstić information content (AvgIpc) is 2.42. The molecule has 0 unspecified atom stereocenters. The van der Waals surface area contributed by atoms with E-state index in [1.807, 2.05) is 19.9 Å². The van der Waals surface area contributed by atoms with Gasteiger partial charge in [-0.1, -0.05) is 0 Å². The number of rotatable bonds is 0. The number of aryl methyl sites for hydroxylation is 1. The summed E-state index contributed by atoms with van der Waals surface area (Å²) in [7, 11) is 0. The summed E-state index contributed by atoms with van der Waals surface area (Å²) in [4.78, 5) is 18.3. The maximum absolute atomic E-state index is 10.9. The van der Waals surface area contributed by atoms with Gasteiger partial charge in [0, 0.05) is 0 Å². The van der Waals surface area contributed by atoms with E-state index in [0.29, 0.717) is 16.4 Å². The van der Waals surface area contributed by atoms with Crippen molar-refractivity contribution in [2.45, 2.75) is 13.8 Å². The number of anilines is 1. The first-order chi connectivity index (χ1) is 6.09. The first kappa shape index (κ1) is 7.91. The molecule has 0 saturated heterocycles. The highest BCUT2D eigenvalue weighted by atomic mass is 16.2. The van der Waals surface area contributed by atoms with Gasteiger partial charge in [0.2, 0.25) is 0 Å². The average molecular weight is 175 g/mol. The third-order valence-corrected chi connectivity index (χ3v) is 2.27. The van der Waals surface area contributed by atoms with E-state index in [2.05, 4.69) is 9.98 Å². The Hall–Kier alpha value is -1.71. The molecular weight excluding hydrogens is 166 g/mol. The number of hydrogen-bond donors (Lipinski definition) is 1. The molecule has 0 atom stereocenters. The molecule has 0 aliphatic carbocycles. The maximum atomic E-state index is 10.9. The summed E-state index contributed by atoms with van der Waals surface area (Å²) in [5.41, 5.74) is 8.35. The number of fused-ring (bicyclic) bond motifs is 1. The number of hydrogen-bond acceptors (Lipinski definition) is 2. The largest absolute Gasteiger partial charge is 0.397 e. The number of carbonyl (C=O) groups excluding carboxylic acids is 1. The molecule has 2 N–H and O–H groups in total. The Kier molecular flexibility index (Phi) is 1.45. The molecule has 0 bridgehead atoms. The van der Waals surface area contributed by atoms with Gasteiger partial charge in [-0.3, -0.25) is 0 Å². The van der Waals surface area contributed by atoms with Crippen LogP contribution in [0.1, 0.15) is 11.1 Å². The molecule has 13 heavy (non-hydrogen) atoms. The van der Waals surface area contributed by atoms with E-state index in [9.17, 15) is 4.79 Å². The SMILES string of the molecule is Cc1cc2c(c(N)c1C)=NC(=O)N=2. The molecule has 0 spiro atoms. The third kappa shape index (κ3) is 1.02. The summed E-state index contributed by atoms with van der Waals surface area (Å²) < 4.78 is 0. The Morgan fingerprint density at radius 3 is 2.69 bits per heavy atom. The number of nitrogens with two attached hydrogens (primary N) is 1. The highest BCUT2D eigenvalue weighted by Crippen LogP contribution is 2.08. The standard InChI is InChI=1S/C9H9N3O/c1-4-3-6-8(7(10)5(4)2)12-9(13)11-6/h3H,10H2,1-2H3. The number of benzene rings is 1. The molecule has 4 nitrogen and oxygen atoms in total. The Balaban J connectivity index is 2.98. The van der Waals surface area contributed by atoms with E-state index < -0.39 is 6.03 Å². The first-order valence-corrected chi connectivity index (χ1v) is 3.96. The van der Waals surface area contributed by atoms with Gasteiger partial charge in [0.25, 0.3) is 0 Å². The zero-order chi connectivity index (χ0) is 9.59. The van der Waals surface area contributed by atoms with Crippen molar-refractivity contribution in [1.29, 1.82) is 0 Å². The summed E-state index contributed by atoms with van der Waals surface area (Å²) >= 11 is 0. The van der Waals surface area contributed by atoms with Crippen molar-refractivity contribution in [1.82, 2.24) is 0 Å². The van der Waals surface area contributed by atoms with Crippen LogP contribution in [0.5, 0.6) is 0 Å². The van der Waals surface area contributed by atoms with Crippen LogP contribution in [0.4, 0.5) is 10.5 Å². The van der Waals surface area contributed by atoms with Crippen molar-refractivity contribution in [3.63, 3.8) is 0 Å². The highest BCUT2D eigenvalue weighted by Gasteiger charge is 2.10. The maximum Gasteiger partial charge on any atom is 0.368 e. The van der Waals surface area contributed by atoms with E-state index in [1.54, 1.807) is 0 Å². The fraction of sp³-hybridized carbons (Fsp3) is 0.222. The lowest BCUT2D eigenvalue weighted by atomic mass is 10.1. The summed E-state index contributed by atoms with van der Waals surface area (Å²) in [5, 5.41) is 1.11. The van der Waals surface area contributed by atoms with Gasteiger partial charge in [0.05, 0.1) is 11.0 Å². The summed E-state index contributed by atoms with van der Waals surface area (Å²) in [5.74, 6) is 0. The van der Waals surface area contributed by atoms with Crippen molar-refractivity contribution in [2.24, 2.45) is 9.98 Å². The van der Waals surface area contributed by atoms with Gasteiger partial charge in [-0.2, -0.15) is 9.98 Å². The highest BCUT2D eigenvalue weighted by molar-refractivity contribution is 5.78. The minimum Gasteiger partial charge on any atom is -0.397 e. The molecule has 4 heteroatoms. The van der Waals surface area contributed by atoms with Crippen LogP contribution in [0.3, 0.4) is 0 Å². The predicted octanol–water partition coefficient (Wildman–Crippen LogP) is 0.258. The lowest BCUT2D eigenvalue weighted by molar-refractivity contribution is 0.256. The molecule has 2 amide bonds. The number of nitrogens with zero attached hydrogens (tertiary/aromatic N) is 2. The number of urea groups is 1. The van der Waals surface area contributed by atoms with Gasteiger partial charge in [0.1, 0.15) is 5.36 Å². The second-order valence-corrected chi connectivity index (χ2v) is 3.11. The Labute approximate surface area is 74.8 Å². The van der Waals surface area contributed by atoms with Gasteiger partial charge >= 0.3 is 6.03 Å². The molecule has 1 aromatic carbocycles. The van der Waals surface area contributed by atoms with Crippen LogP contribution in [-0.2, 0) is 0 Å². The van der Waals surface area contributed by atoms with Crippen LogP contribution in [-0.4, -0.2) is 6.03 Å². The predicted molar refractivity (Wildman–Crippen MR) is 48.0 cm³/mol. The Bertz CT molecular complexity index is 517. The van der Waals surface area contributed by atoms with Crippen molar-refractivity contribution >= 4 is 11.7 Å². The van der Waals surface area contributed by atoms with Crippen LogP contribution in [0, 0.1) is 13.8 Å². The Morgan fingerprint density at radius 2 is 2.00 bits per heavy atom. The minimum atomic E-state index is -0.466. The van der Waals surface area contributed by atoms with Gasteiger partial charge in [-0.15, -0.1) is 0 Å². The van der Waals surface area contributed by atoms with E-state index >= 15 is 0 Å². The van der Waals surface area contributed by atoms with Crippen LogP contribution >= 0.6 is 0 Å². The number of nitrogen functional groups attached to an aromatic ring is 1. The summed E-state index contributed by atoms with van der Waals surface area (Å²) in [6.45, 7) is 3.84. The summed E-state index contributed by atoms with van der Waals surface area (Å²) in [6, 6.07) is 1.36. The van der Waals surface area contributed by atoms with Gasteiger partial charge in [-0.05, 0) is 31.0 Å². The van der Waals surface area contributed by atoms with Crippen molar-refractivity contribution < 1.29 is 4.79 Å². The zero-order valence-electron chi connectivity index (χ0n) is 7.46. The van der Waals surface area contributed by atoms with Crippen molar-refractivity contribution in [3.8, 4) is 0 Å². The van der Waals surface area contributed by atoms with E-state index in [1.165, 1.54) is 0 Å². The summed E-state index contributed by atoms with van der Waals surface area (Å²) in [6.07, 6.45) is 0. The lowest BCUT2D eigenvalue weighted by Crippen LogP contribution is -2.27. The molecule has 1 aromatic rings. The van der Waals surface area contributed by atoms with Gasteiger partial charge in [0.15, 0.2) is 0 Å². The molecule has 66 valence electrons. The zero-order valence-corrected chi connectivity index (χ0v) is 7.46. The molecule has 0 aromatic heterocycles. The van der Waals surface area contributed by atoms with Crippen LogP contribution < -0.4 is 16.4 Å². The monoisotopic (exact) mass is 175 g/mol. The number of carbonyl (C=O) groups is 1. The van der Waals surface area contributed by atoms with E-state index in [4.69, 9.17) is 5.73 Å². The second kappa shape index (κ2) is 2.39.